The molecule has 7 heteroatoms. The van der Waals surface area contributed by atoms with Crippen molar-refractivity contribution < 1.29 is 9.90 Å². The van der Waals surface area contributed by atoms with Crippen LogP contribution in [0.15, 0.2) is 48.5 Å². The first-order valence-corrected chi connectivity index (χ1v) is 6.76. The van der Waals surface area contributed by atoms with Crippen molar-refractivity contribution >= 4 is 46.3 Å². The molecule has 0 aromatic heterocycles. The summed E-state index contributed by atoms with van der Waals surface area (Å²) in [5, 5.41) is 12.6. The second-order valence-electron chi connectivity index (χ2n) is 4.07. The highest BCUT2D eigenvalue weighted by atomic mass is 35.5. The number of carboxylic acid groups (broad SMARTS) is 1. The van der Waals surface area contributed by atoms with Crippen molar-refractivity contribution in [3.05, 3.63) is 59.1 Å². The zero-order valence-corrected chi connectivity index (χ0v) is 12.3. The number of hydrogen-bond donors (Lipinski definition) is 4. The van der Waals surface area contributed by atoms with E-state index in [2.05, 4.69) is 16.2 Å². The highest BCUT2D eigenvalue weighted by molar-refractivity contribution is 7.80. The smallest absolute Gasteiger partial charge is 0.335 e. The number of halogens is 1. The normalized spacial score (nSPS) is 9.76. The van der Waals surface area contributed by atoms with Gasteiger partial charge in [-0.15, -0.1) is 0 Å². The van der Waals surface area contributed by atoms with E-state index in [0.717, 1.165) is 0 Å². The Morgan fingerprint density at radius 3 is 2.38 bits per heavy atom. The molecule has 2 aromatic rings. The van der Waals surface area contributed by atoms with Gasteiger partial charge in [0.1, 0.15) is 0 Å². The zero-order chi connectivity index (χ0) is 15.2. The summed E-state index contributed by atoms with van der Waals surface area (Å²) in [6.07, 6.45) is 0. The van der Waals surface area contributed by atoms with Crippen LogP contribution in [0.4, 0.5) is 11.4 Å². The van der Waals surface area contributed by atoms with Crippen molar-refractivity contribution in [2.45, 2.75) is 0 Å². The molecule has 0 unspecified atom stereocenters. The maximum absolute atomic E-state index is 10.7. The minimum absolute atomic E-state index is 0.220. The Labute approximate surface area is 131 Å². The molecule has 0 aliphatic carbocycles. The Hall–Kier alpha value is -2.31. The molecule has 108 valence electrons. The molecule has 0 amide bonds. The van der Waals surface area contributed by atoms with Crippen LogP contribution in [0.1, 0.15) is 10.4 Å². The van der Waals surface area contributed by atoms with E-state index in [-0.39, 0.29) is 5.56 Å². The number of carboxylic acids is 1. The van der Waals surface area contributed by atoms with Gasteiger partial charge in [-0.05, 0) is 48.6 Å². The van der Waals surface area contributed by atoms with Crippen LogP contribution >= 0.6 is 23.8 Å². The number of rotatable bonds is 4. The lowest BCUT2D eigenvalue weighted by molar-refractivity contribution is 0.0697. The fourth-order valence-corrected chi connectivity index (χ4v) is 1.89. The summed E-state index contributed by atoms with van der Waals surface area (Å²) < 4.78 is 0. The summed E-state index contributed by atoms with van der Waals surface area (Å²) in [7, 11) is 0. The molecule has 0 saturated carbocycles. The average molecular weight is 322 g/mol. The highest BCUT2D eigenvalue weighted by Gasteiger charge is 2.03. The Kier molecular flexibility index (Phi) is 4.97. The standard InChI is InChI=1S/C14H12ClN3O2S/c15-11-3-1-2-4-12(11)16-14(21)18-17-10-7-5-9(6-8-10)13(19)20/h1-8,17H,(H,19,20)(H2,16,18,21). The number of benzene rings is 2. The molecule has 4 N–H and O–H groups in total. The summed E-state index contributed by atoms with van der Waals surface area (Å²) >= 11 is 11.1. The Morgan fingerprint density at radius 2 is 1.76 bits per heavy atom. The molecule has 21 heavy (non-hydrogen) atoms. The van der Waals surface area contributed by atoms with Crippen LogP contribution in [0.2, 0.25) is 5.02 Å². The Balaban J connectivity index is 1.89. The molecule has 0 spiro atoms. The van der Waals surface area contributed by atoms with Gasteiger partial charge in [0, 0.05) is 0 Å². The van der Waals surface area contributed by atoms with Crippen LogP contribution in [-0.4, -0.2) is 16.2 Å². The summed E-state index contributed by atoms with van der Waals surface area (Å²) in [4.78, 5) is 10.7. The molecule has 0 radical (unpaired) electrons. The monoisotopic (exact) mass is 321 g/mol. The minimum Gasteiger partial charge on any atom is -0.478 e. The number of anilines is 2. The number of aromatic carboxylic acids is 1. The minimum atomic E-state index is -0.967. The average Bonchev–Trinajstić information content (AvgIpc) is 2.48. The van der Waals surface area contributed by atoms with Crippen LogP contribution in [-0.2, 0) is 0 Å². The lowest BCUT2D eigenvalue weighted by Gasteiger charge is -2.13. The van der Waals surface area contributed by atoms with Crippen molar-refractivity contribution in [1.82, 2.24) is 5.43 Å². The van der Waals surface area contributed by atoms with Crippen LogP contribution in [0.3, 0.4) is 0 Å². The van der Waals surface area contributed by atoms with E-state index < -0.39 is 5.97 Å². The van der Waals surface area contributed by atoms with Gasteiger partial charge >= 0.3 is 5.97 Å². The van der Waals surface area contributed by atoms with Crippen LogP contribution < -0.4 is 16.2 Å². The van der Waals surface area contributed by atoms with E-state index >= 15 is 0 Å². The predicted octanol–water partition coefficient (Wildman–Crippen LogP) is 3.35. The van der Waals surface area contributed by atoms with Gasteiger partial charge in [-0.25, -0.2) is 4.79 Å². The Bertz CT molecular complexity index is 662. The first-order valence-electron chi connectivity index (χ1n) is 5.97. The van der Waals surface area contributed by atoms with Crippen molar-refractivity contribution in [3.8, 4) is 0 Å². The fourth-order valence-electron chi connectivity index (χ4n) is 1.54. The molecule has 0 saturated heterocycles. The van der Waals surface area contributed by atoms with Gasteiger partial charge in [0.25, 0.3) is 0 Å². The van der Waals surface area contributed by atoms with E-state index in [1.807, 2.05) is 12.1 Å². The van der Waals surface area contributed by atoms with E-state index in [1.165, 1.54) is 12.1 Å². The Morgan fingerprint density at radius 1 is 1.10 bits per heavy atom. The molecular formula is C14H12ClN3O2S. The predicted molar refractivity (Wildman–Crippen MR) is 87.8 cm³/mol. The molecule has 0 fully saturated rings. The lowest BCUT2D eigenvalue weighted by atomic mass is 10.2. The molecule has 2 rings (SSSR count). The van der Waals surface area contributed by atoms with E-state index in [9.17, 15) is 4.79 Å². The molecule has 0 heterocycles. The lowest BCUT2D eigenvalue weighted by Crippen LogP contribution is -2.33. The number of thiocarbonyl (C=S) groups is 1. The van der Waals surface area contributed by atoms with Crippen molar-refractivity contribution in [1.29, 1.82) is 0 Å². The maximum Gasteiger partial charge on any atom is 0.335 e. The molecule has 0 bridgehead atoms. The van der Waals surface area contributed by atoms with Gasteiger partial charge in [-0.1, -0.05) is 23.7 Å². The van der Waals surface area contributed by atoms with Crippen molar-refractivity contribution in [2.75, 3.05) is 10.7 Å². The van der Waals surface area contributed by atoms with Crippen molar-refractivity contribution in [2.24, 2.45) is 0 Å². The third-order valence-electron chi connectivity index (χ3n) is 2.57. The van der Waals surface area contributed by atoms with E-state index in [4.69, 9.17) is 28.9 Å². The molecule has 0 aliphatic rings. The maximum atomic E-state index is 10.7. The number of hydrazine groups is 1. The number of carbonyl (C=O) groups is 1. The van der Waals surface area contributed by atoms with Crippen LogP contribution in [0.25, 0.3) is 0 Å². The molecule has 2 aromatic carbocycles. The third-order valence-corrected chi connectivity index (χ3v) is 3.11. The number of hydrogen-bond acceptors (Lipinski definition) is 3. The van der Waals surface area contributed by atoms with Gasteiger partial charge in [-0.3, -0.25) is 10.9 Å². The highest BCUT2D eigenvalue weighted by Crippen LogP contribution is 2.20. The first kappa shape index (κ1) is 15.1. The first-order chi connectivity index (χ1) is 10.1. The quantitative estimate of drug-likeness (QED) is 0.511. The van der Waals surface area contributed by atoms with Gasteiger partial charge in [0.05, 0.1) is 22.0 Å². The summed E-state index contributed by atoms with van der Waals surface area (Å²) in [6, 6.07) is 13.5. The largest absolute Gasteiger partial charge is 0.478 e. The van der Waals surface area contributed by atoms with Gasteiger partial charge in [-0.2, -0.15) is 0 Å². The number of para-hydroxylation sites is 1. The second kappa shape index (κ2) is 6.92. The summed E-state index contributed by atoms with van der Waals surface area (Å²) in [6.45, 7) is 0. The molecule has 0 aliphatic heterocycles. The van der Waals surface area contributed by atoms with Gasteiger partial charge in [0.2, 0.25) is 0 Å². The van der Waals surface area contributed by atoms with Crippen LogP contribution in [0.5, 0.6) is 0 Å². The zero-order valence-electron chi connectivity index (χ0n) is 10.8. The molecule has 5 nitrogen and oxygen atoms in total. The van der Waals surface area contributed by atoms with E-state index in [1.54, 1.807) is 24.3 Å². The van der Waals surface area contributed by atoms with Crippen LogP contribution in [0, 0.1) is 0 Å². The fraction of sp³-hybridized carbons (Fsp3) is 0. The number of nitrogens with one attached hydrogen (secondary N) is 3. The second-order valence-corrected chi connectivity index (χ2v) is 4.88. The molecular weight excluding hydrogens is 310 g/mol. The topological polar surface area (TPSA) is 73.4 Å². The van der Waals surface area contributed by atoms with Gasteiger partial charge in [0.15, 0.2) is 5.11 Å². The summed E-state index contributed by atoms with van der Waals surface area (Å²) in [5.74, 6) is -0.967. The third kappa shape index (κ3) is 4.34. The van der Waals surface area contributed by atoms with E-state index in [0.29, 0.717) is 21.5 Å². The van der Waals surface area contributed by atoms with Gasteiger partial charge < -0.3 is 10.4 Å². The summed E-state index contributed by atoms with van der Waals surface area (Å²) in [5.41, 5.74) is 7.25. The SMILES string of the molecule is O=C(O)c1ccc(NNC(=S)Nc2ccccc2Cl)cc1. The van der Waals surface area contributed by atoms with Crippen molar-refractivity contribution in [3.63, 3.8) is 0 Å². The molecule has 0 atom stereocenters.